The summed E-state index contributed by atoms with van der Waals surface area (Å²) in [4.78, 5) is -0.761. The number of hydrogen-bond acceptors (Lipinski definition) is 4. The molecular weight excluding hydrogens is 486 g/mol. The Morgan fingerprint density at radius 2 is 1.44 bits per heavy atom. The molecule has 5 nitrogen and oxygen atoms in total. The molecule has 12 heteroatoms. The van der Waals surface area contributed by atoms with Crippen LogP contribution in [0, 0.1) is 11.3 Å². The molecule has 0 spiro atoms. The van der Waals surface area contributed by atoms with Crippen molar-refractivity contribution < 1.29 is 39.9 Å². The molecule has 0 amide bonds. The number of aliphatic hydroxyl groups is 1. The van der Waals surface area contributed by atoms with Gasteiger partial charge in [-0.3, -0.25) is 0 Å². The van der Waals surface area contributed by atoms with Gasteiger partial charge in [-0.25, -0.2) is 8.42 Å². The van der Waals surface area contributed by atoms with E-state index in [4.69, 9.17) is 0 Å². The molecule has 2 aromatic carbocycles. The van der Waals surface area contributed by atoms with Crippen LogP contribution in [0.25, 0.3) is 11.8 Å². The Hall–Kier alpha value is -3.56. The second kappa shape index (κ2) is 8.66. The van der Waals surface area contributed by atoms with Crippen molar-refractivity contribution in [3.63, 3.8) is 0 Å². The molecule has 0 radical (unpaired) electrons. The van der Waals surface area contributed by atoms with Gasteiger partial charge < -0.3 is 9.67 Å². The number of allylic oxidation sites excluding steroid dienone is 1. The van der Waals surface area contributed by atoms with Gasteiger partial charge in [0, 0.05) is 23.1 Å². The van der Waals surface area contributed by atoms with E-state index in [2.05, 4.69) is 0 Å². The van der Waals surface area contributed by atoms with E-state index in [9.17, 15) is 45.1 Å². The Balaban J connectivity index is 2.05. The number of sulfone groups is 1. The molecule has 178 valence electrons. The van der Waals surface area contributed by atoms with Gasteiger partial charge >= 0.3 is 12.4 Å². The Kier molecular flexibility index (Phi) is 6.38. The summed E-state index contributed by atoms with van der Waals surface area (Å²) in [6.07, 6.45) is -9.66. The minimum Gasteiger partial charge on any atom is -0.369 e. The summed E-state index contributed by atoms with van der Waals surface area (Å²) in [5.74, 6) is 0. The van der Waals surface area contributed by atoms with E-state index in [1.165, 1.54) is 47.2 Å². The maximum absolute atomic E-state index is 13.1. The highest BCUT2D eigenvalue weighted by Crippen LogP contribution is 2.50. The largest absolute Gasteiger partial charge is 0.430 e. The summed E-state index contributed by atoms with van der Waals surface area (Å²) in [5.41, 5.74) is -6.34. The number of nitriles is 1. The van der Waals surface area contributed by atoms with Gasteiger partial charge in [-0.2, -0.15) is 31.6 Å². The van der Waals surface area contributed by atoms with Crippen LogP contribution in [0.4, 0.5) is 26.3 Å². The van der Waals surface area contributed by atoms with E-state index >= 15 is 0 Å². The zero-order chi connectivity index (χ0) is 25.4. The molecule has 0 aliphatic carbocycles. The van der Waals surface area contributed by atoms with Gasteiger partial charge in [0.2, 0.25) is 9.84 Å². The van der Waals surface area contributed by atoms with E-state index in [0.717, 1.165) is 18.2 Å². The zero-order valence-electron chi connectivity index (χ0n) is 16.8. The normalized spacial score (nSPS) is 13.5. The van der Waals surface area contributed by atoms with E-state index in [1.807, 2.05) is 0 Å². The van der Waals surface area contributed by atoms with Crippen LogP contribution in [0.1, 0.15) is 11.3 Å². The Morgan fingerprint density at radius 1 is 0.882 bits per heavy atom. The topological polar surface area (TPSA) is 83.1 Å². The first-order valence-corrected chi connectivity index (χ1v) is 10.8. The lowest BCUT2D eigenvalue weighted by Crippen LogP contribution is -2.53. The van der Waals surface area contributed by atoms with Gasteiger partial charge in [0.05, 0.1) is 4.90 Å². The lowest BCUT2D eigenvalue weighted by Gasteiger charge is -2.32. The van der Waals surface area contributed by atoms with Crippen LogP contribution >= 0.6 is 0 Å². The maximum atomic E-state index is 13.1. The Bertz CT molecular complexity index is 1340. The average molecular weight is 500 g/mol. The number of hydrogen-bond donors (Lipinski definition) is 1. The van der Waals surface area contributed by atoms with Crippen LogP contribution in [0.2, 0.25) is 0 Å². The minimum atomic E-state index is -6.03. The summed E-state index contributed by atoms with van der Waals surface area (Å²) in [6.45, 7) is 0. The second-order valence-electron chi connectivity index (χ2n) is 6.99. The SMILES string of the molecule is N#C/C(=C\c1cccn1-c1ccc(C(O)(C(F)(F)F)C(F)(F)F)cc1)S(=O)(=O)c1ccccc1. The predicted octanol–water partition coefficient (Wildman–Crippen LogP) is 5.13. The number of nitrogens with zero attached hydrogens (tertiary/aromatic N) is 2. The van der Waals surface area contributed by atoms with Crippen molar-refractivity contribution in [2.45, 2.75) is 22.8 Å². The lowest BCUT2D eigenvalue weighted by molar-refractivity contribution is -0.376. The van der Waals surface area contributed by atoms with Crippen LogP contribution in [0.15, 0.2) is 82.7 Å². The fourth-order valence-corrected chi connectivity index (χ4v) is 4.29. The molecule has 0 saturated carbocycles. The fourth-order valence-electron chi connectivity index (χ4n) is 3.13. The number of halogens is 6. The third kappa shape index (κ3) is 4.32. The molecule has 0 aliphatic heterocycles. The molecule has 0 bridgehead atoms. The summed E-state index contributed by atoms with van der Waals surface area (Å²) < 4.78 is 105. The highest BCUT2D eigenvalue weighted by molar-refractivity contribution is 7.95. The second-order valence-corrected chi connectivity index (χ2v) is 8.91. The first kappa shape index (κ1) is 25.1. The molecule has 34 heavy (non-hydrogen) atoms. The third-order valence-electron chi connectivity index (χ3n) is 4.90. The van der Waals surface area contributed by atoms with Crippen LogP contribution in [-0.2, 0) is 15.4 Å². The molecule has 1 aromatic heterocycles. The van der Waals surface area contributed by atoms with Gasteiger partial charge in [0.1, 0.15) is 6.07 Å². The molecule has 0 unspecified atom stereocenters. The van der Waals surface area contributed by atoms with Crippen molar-refractivity contribution in [3.05, 3.63) is 89.1 Å². The van der Waals surface area contributed by atoms with Gasteiger partial charge in [-0.1, -0.05) is 30.3 Å². The molecule has 0 fully saturated rings. The molecule has 0 saturated heterocycles. The monoisotopic (exact) mass is 500 g/mol. The van der Waals surface area contributed by atoms with E-state index in [-0.39, 0.29) is 16.3 Å². The highest BCUT2D eigenvalue weighted by atomic mass is 32.2. The fraction of sp³-hybridized carbons (Fsp3) is 0.136. The van der Waals surface area contributed by atoms with Crippen molar-refractivity contribution in [2.75, 3.05) is 0 Å². The molecule has 0 atom stereocenters. The van der Waals surface area contributed by atoms with Crippen molar-refractivity contribution in [1.29, 1.82) is 5.26 Å². The number of aromatic nitrogens is 1. The first-order valence-electron chi connectivity index (χ1n) is 9.29. The standard InChI is InChI=1S/C22H14F6N2O3S/c23-21(24,25)20(31,22(26,27)28)15-8-10-16(11-9-15)30-12-4-5-17(30)13-19(14-29)34(32,33)18-6-2-1-3-7-18/h1-13,31H/b19-13+. The summed E-state index contributed by atoms with van der Waals surface area (Å²) in [6, 6.07) is 14.3. The van der Waals surface area contributed by atoms with Crippen LogP contribution < -0.4 is 0 Å². The smallest absolute Gasteiger partial charge is 0.369 e. The lowest BCUT2D eigenvalue weighted by atomic mass is 9.92. The van der Waals surface area contributed by atoms with Gasteiger partial charge in [-0.15, -0.1) is 0 Å². The predicted molar refractivity (Wildman–Crippen MR) is 109 cm³/mol. The first-order chi connectivity index (χ1) is 15.7. The van der Waals surface area contributed by atoms with Crippen LogP contribution in [-0.4, -0.2) is 30.4 Å². The summed E-state index contributed by atoms with van der Waals surface area (Å²) in [5, 5.41) is 18.9. The molecular formula is C22H14F6N2O3S. The maximum Gasteiger partial charge on any atom is 0.430 e. The molecule has 1 N–H and O–H groups in total. The molecule has 3 aromatic rings. The Labute approximate surface area is 189 Å². The summed E-state index contributed by atoms with van der Waals surface area (Å²) in [7, 11) is -4.18. The highest BCUT2D eigenvalue weighted by Gasteiger charge is 2.71. The Morgan fingerprint density at radius 3 is 1.94 bits per heavy atom. The van der Waals surface area contributed by atoms with Crippen molar-refractivity contribution in [1.82, 2.24) is 4.57 Å². The molecule has 1 heterocycles. The molecule has 3 rings (SSSR count). The van der Waals surface area contributed by atoms with E-state index < -0.39 is 38.3 Å². The number of rotatable bonds is 5. The zero-order valence-corrected chi connectivity index (χ0v) is 17.7. The van der Waals surface area contributed by atoms with Gasteiger partial charge in [0.25, 0.3) is 5.60 Å². The number of alkyl halides is 6. The van der Waals surface area contributed by atoms with Crippen LogP contribution in [0.5, 0.6) is 0 Å². The van der Waals surface area contributed by atoms with Crippen molar-refractivity contribution >= 4 is 15.9 Å². The average Bonchev–Trinajstić information content (AvgIpc) is 3.24. The van der Waals surface area contributed by atoms with Crippen molar-refractivity contribution in [3.8, 4) is 11.8 Å². The van der Waals surface area contributed by atoms with E-state index in [0.29, 0.717) is 12.1 Å². The van der Waals surface area contributed by atoms with Crippen LogP contribution in [0.3, 0.4) is 0 Å². The van der Waals surface area contributed by atoms with E-state index in [1.54, 1.807) is 12.1 Å². The molecule has 0 aliphatic rings. The van der Waals surface area contributed by atoms with Crippen molar-refractivity contribution in [2.24, 2.45) is 0 Å². The number of benzene rings is 2. The summed E-state index contributed by atoms with van der Waals surface area (Å²) >= 11 is 0. The van der Waals surface area contributed by atoms with Gasteiger partial charge in [-0.05, 0) is 42.5 Å². The third-order valence-corrected chi connectivity index (χ3v) is 6.58. The van der Waals surface area contributed by atoms with Gasteiger partial charge in [0.15, 0.2) is 4.91 Å². The quantitative estimate of drug-likeness (QED) is 0.389. The minimum absolute atomic E-state index is 0.0566.